The number of phosphoric acid groups is 3. The van der Waals surface area contributed by atoms with Gasteiger partial charge in [0.05, 0.1) is 0 Å². The Labute approximate surface area is 196 Å². The fraction of sp³-hybridized carbons (Fsp3) is 0. The van der Waals surface area contributed by atoms with Crippen LogP contribution in [0.5, 0.6) is 0 Å². The van der Waals surface area contributed by atoms with Gasteiger partial charge in [-0.25, -0.2) is 13.7 Å². The molecular weight excluding hydrogens is 377 g/mol. The summed E-state index contributed by atoms with van der Waals surface area (Å²) in [5, 5.41) is 0. The molecule has 0 aliphatic heterocycles. The maximum atomic E-state index is 8.88. The fourth-order valence-electron chi connectivity index (χ4n) is 0. The molecule has 0 aromatic carbocycles. The molecule has 0 amide bonds. The normalized spacial score (nSPS) is 9.32. The molecule has 12 nitrogen and oxygen atoms in total. The van der Waals surface area contributed by atoms with Gasteiger partial charge in [-0.1, -0.05) is 0 Å². The van der Waals surface area contributed by atoms with Gasteiger partial charge in [-0.2, -0.15) is 0 Å². The van der Waals surface area contributed by atoms with Gasteiger partial charge >= 0.3 is 142 Å². The van der Waals surface area contributed by atoms with Gasteiger partial charge in [-0.3, -0.25) is 0 Å². The van der Waals surface area contributed by atoms with Crippen LogP contribution in [0.25, 0.3) is 0 Å². The van der Waals surface area contributed by atoms with Crippen LogP contribution >= 0.6 is 23.5 Å². The molecule has 0 bridgehead atoms. The molecule has 9 N–H and O–H groups in total. The molecule has 0 saturated heterocycles. The van der Waals surface area contributed by atoms with Crippen LogP contribution in [-0.4, -0.2) is 162 Å². The molecule has 0 spiro atoms. The molecule has 0 aromatic rings. The van der Waals surface area contributed by atoms with Crippen molar-refractivity contribution in [1.82, 2.24) is 0 Å². The average Bonchev–Trinajstić information content (AvgIpc) is 1.41. The van der Waals surface area contributed by atoms with E-state index in [9.17, 15) is 0 Å². The Bertz CT molecular complexity index is 211. The SMILES string of the molecule is O=P(O)(O)O.O=P(O)(O)O.O=P(O)(O)O.[NaH].[NaH].[NaH].[NaH]. The second kappa shape index (κ2) is 20.4. The molecule has 19 heteroatoms. The second-order valence-corrected chi connectivity index (χ2v) is 4.62. The van der Waals surface area contributed by atoms with Crippen molar-refractivity contribution in [1.29, 1.82) is 0 Å². The summed E-state index contributed by atoms with van der Waals surface area (Å²) in [6.45, 7) is 0. The first-order valence-electron chi connectivity index (χ1n) is 2.35. The van der Waals surface area contributed by atoms with Crippen molar-refractivity contribution in [2.24, 2.45) is 0 Å². The summed E-state index contributed by atoms with van der Waals surface area (Å²) in [6, 6.07) is 0. The van der Waals surface area contributed by atoms with E-state index >= 15 is 0 Å². The predicted octanol–water partition coefficient (Wildman–Crippen LogP) is -5.38. The van der Waals surface area contributed by atoms with E-state index in [-0.39, 0.29) is 118 Å². The molecule has 0 unspecified atom stereocenters. The molecule has 104 valence electrons. The minimum atomic E-state index is -4.64. The summed E-state index contributed by atoms with van der Waals surface area (Å²) in [7, 11) is -13.9. The molecular formula is H13Na4O12P3. The van der Waals surface area contributed by atoms with E-state index in [1.165, 1.54) is 0 Å². The fourth-order valence-corrected chi connectivity index (χ4v) is 0. The van der Waals surface area contributed by atoms with Crippen LogP contribution in [0.2, 0.25) is 0 Å². The number of rotatable bonds is 0. The molecule has 0 aliphatic carbocycles. The van der Waals surface area contributed by atoms with Crippen molar-refractivity contribution in [2.75, 3.05) is 0 Å². The Balaban J connectivity index is -0.0000000206. The van der Waals surface area contributed by atoms with Crippen LogP contribution < -0.4 is 0 Å². The van der Waals surface area contributed by atoms with Gasteiger partial charge in [-0.05, 0) is 0 Å². The zero-order valence-electron chi connectivity index (χ0n) is 6.59. The quantitative estimate of drug-likeness (QED) is 0.139. The molecule has 0 heterocycles. The Kier molecular flexibility index (Phi) is 46.8. The first-order valence-corrected chi connectivity index (χ1v) is 7.04. The zero-order valence-corrected chi connectivity index (χ0v) is 9.27. The van der Waals surface area contributed by atoms with Crippen LogP contribution in [0, 0.1) is 0 Å². The molecule has 0 rings (SSSR count). The van der Waals surface area contributed by atoms with E-state index in [1.54, 1.807) is 0 Å². The van der Waals surface area contributed by atoms with Crippen LogP contribution in [0.3, 0.4) is 0 Å². The van der Waals surface area contributed by atoms with Crippen LogP contribution in [0.1, 0.15) is 0 Å². The summed E-state index contributed by atoms with van der Waals surface area (Å²) < 4.78 is 26.6. The summed E-state index contributed by atoms with van der Waals surface area (Å²) in [5.74, 6) is 0. The third kappa shape index (κ3) is 492. The van der Waals surface area contributed by atoms with Gasteiger partial charge in [0.25, 0.3) is 0 Å². The molecule has 0 aliphatic rings. The van der Waals surface area contributed by atoms with E-state index < -0.39 is 23.5 Å². The van der Waals surface area contributed by atoms with Gasteiger partial charge in [0.2, 0.25) is 0 Å². The maximum absolute atomic E-state index is 8.88. The Morgan fingerprint density at radius 2 is 0.368 bits per heavy atom. The molecule has 0 aromatic heterocycles. The van der Waals surface area contributed by atoms with Gasteiger partial charge in [-0.15, -0.1) is 0 Å². The third-order valence-corrected chi connectivity index (χ3v) is 0. The Hall–Kier alpha value is 4.33. The van der Waals surface area contributed by atoms with Crippen molar-refractivity contribution in [3.63, 3.8) is 0 Å². The number of hydrogen-bond acceptors (Lipinski definition) is 3. The average molecular weight is 390 g/mol. The minimum absolute atomic E-state index is 0. The van der Waals surface area contributed by atoms with Crippen molar-refractivity contribution < 1.29 is 57.7 Å². The Morgan fingerprint density at radius 1 is 0.368 bits per heavy atom. The summed E-state index contributed by atoms with van der Waals surface area (Å²) in [5.41, 5.74) is 0. The molecule has 0 saturated carbocycles. The molecule has 19 heavy (non-hydrogen) atoms. The van der Waals surface area contributed by atoms with E-state index in [0.29, 0.717) is 0 Å². The van der Waals surface area contributed by atoms with Crippen LogP contribution in [0.15, 0.2) is 0 Å². The van der Waals surface area contributed by atoms with E-state index in [1.807, 2.05) is 0 Å². The van der Waals surface area contributed by atoms with Gasteiger partial charge in [0, 0.05) is 0 Å². The summed E-state index contributed by atoms with van der Waals surface area (Å²) in [4.78, 5) is 64.7. The first-order chi connectivity index (χ1) is 6.00. The summed E-state index contributed by atoms with van der Waals surface area (Å²) >= 11 is 0. The molecule has 0 radical (unpaired) electrons. The third-order valence-electron chi connectivity index (χ3n) is 0. The topological polar surface area (TPSA) is 233 Å². The molecule has 0 fully saturated rings. The Morgan fingerprint density at radius 3 is 0.368 bits per heavy atom. The monoisotopic (exact) mass is 390 g/mol. The standard InChI is InChI=1S/4Na.3H3O4P.4H/c;;;;3*1-5(2,3)4;;;;/h;;;;3*(H3,1,2,3,4);;;;. The summed E-state index contributed by atoms with van der Waals surface area (Å²) in [6.07, 6.45) is 0. The number of hydrogen-bond donors (Lipinski definition) is 9. The van der Waals surface area contributed by atoms with Crippen LogP contribution in [0.4, 0.5) is 0 Å². The van der Waals surface area contributed by atoms with Crippen molar-refractivity contribution in [2.45, 2.75) is 0 Å². The van der Waals surface area contributed by atoms with E-state index in [4.69, 9.17) is 57.7 Å². The zero-order chi connectivity index (χ0) is 13.5. The van der Waals surface area contributed by atoms with E-state index in [2.05, 4.69) is 0 Å². The van der Waals surface area contributed by atoms with Gasteiger partial charge in [0.1, 0.15) is 0 Å². The molecule has 0 atom stereocenters. The van der Waals surface area contributed by atoms with Crippen LogP contribution in [-0.2, 0) is 13.7 Å². The second-order valence-electron chi connectivity index (χ2n) is 1.54. The van der Waals surface area contributed by atoms with Crippen molar-refractivity contribution >= 4 is 142 Å². The van der Waals surface area contributed by atoms with Crippen molar-refractivity contribution in [3.8, 4) is 0 Å². The van der Waals surface area contributed by atoms with E-state index in [0.717, 1.165) is 0 Å². The van der Waals surface area contributed by atoms with Gasteiger partial charge < -0.3 is 44.0 Å². The van der Waals surface area contributed by atoms with Crippen molar-refractivity contribution in [3.05, 3.63) is 0 Å². The predicted molar refractivity (Wildman–Crippen MR) is 71.4 cm³/mol. The van der Waals surface area contributed by atoms with Gasteiger partial charge in [0.15, 0.2) is 0 Å². The first kappa shape index (κ1) is 43.6.